The third kappa shape index (κ3) is 2.79. The molecule has 1 heterocycles. The van der Waals surface area contributed by atoms with E-state index >= 15 is 0 Å². The predicted molar refractivity (Wildman–Crippen MR) is 52.2 cm³/mol. The topological polar surface area (TPSA) is 59.1 Å². The lowest BCUT2D eigenvalue weighted by atomic mass is 9.93. The first-order valence-electron chi connectivity index (χ1n) is 4.51. The van der Waals surface area contributed by atoms with Gasteiger partial charge in [0.05, 0.1) is 5.60 Å². The van der Waals surface area contributed by atoms with E-state index in [1.54, 1.807) is 12.4 Å². The minimum Gasteiger partial charge on any atom is -0.388 e. The van der Waals surface area contributed by atoms with E-state index in [0.717, 1.165) is 5.56 Å². The number of rotatable bonds is 4. The molecule has 0 radical (unpaired) electrons. The lowest BCUT2D eigenvalue weighted by Gasteiger charge is -2.24. The standard InChI is InChI=1S/C10H16N2O/c1-2-10(13,8-11)7-9-3-5-12-6-4-9/h3-6,13H,2,7-8,11H2,1H3. The lowest BCUT2D eigenvalue weighted by Crippen LogP contribution is -2.39. The SMILES string of the molecule is CCC(O)(CN)Cc1ccncc1. The fourth-order valence-electron chi connectivity index (χ4n) is 1.22. The smallest absolute Gasteiger partial charge is 0.0806 e. The van der Waals surface area contributed by atoms with Crippen molar-refractivity contribution >= 4 is 0 Å². The Morgan fingerprint density at radius 3 is 2.54 bits per heavy atom. The Labute approximate surface area is 78.6 Å². The molecular weight excluding hydrogens is 164 g/mol. The van der Waals surface area contributed by atoms with E-state index in [0.29, 0.717) is 19.4 Å². The molecule has 0 aliphatic heterocycles. The Morgan fingerprint density at radius 1 is 1.46 bits per heavy atom. The van der Waals surface area contributed by atoms with Crippen LogP contribution in [-0.4, -0.2) is 22.2 Å². The van der Waals surface area contributed by atoms with E-state index in [2.05, 4.69) is 4.98 Å². The molecule has 1 rings (SSSR count). The Kier molecular flexibility index (Phi) is 3.39. The van der Waals surface area contributed by atoms with Gasteiger partial charge >= 0.3 is 0 Å². The van der Waals surface area contributed by atoms with Crippen LogP contribution < -0.4 is 5.73 Å². The van der Waals surface area contributed by atoms with Crippen LogP contribution in [0, 0.1) is 0 Å². The van der Waals surface area contributed by atoms with E-state index in [1.165, 1.54) is 0 Å². The molecule has 0 aliphatic carbocycles. The molecule has 0 saturated heterocycles. The number of hydrogen-bond acceptors (Lipinski definition) is 3. The maximum Gasteiger partial charge on any atom is 0.0806 e. The van der Waals surface area contributed by atoms with Gasteiger partial charge in [0.15, 0.2) is 0 Å². The molecule has 0 aliphatic rings. The summed E-state index contributed by atoms with van der Waals surface area (Å²) >= 11 is 0. The van der Waals surface area contributed by atoms with Crippen LogP contribution in [0.5, 0.6) is 0 Å². The van der Waals surface area contributed by atoms with Crippen LogP contribution in [0.15, 0.2) is 24.5 Å². The zero-order chi connectivity index (χ0) is 9.73. The van der Waals surface area contributed by atoms with Crippen LogP contribution in [0.25, 0.3) is 0 Å². The summed E-state index contributed by atoms with van der Waals surface area (Å²) in [5.74, 6) is 0. The molecule has 1 aromatic heterocycles. The monoisotopic (exact) mass is 180 g/mol. The number of nitrogens with two attached hydrogens (primary N) is 1. The van der Waals surface area contributed by atoms with Crippen molar-refractivity contribution in [2.24, 2.45) is 5.73 Å². The zero-order valence-electron chi connectivity index (χ0n) is 7.90. The molecule has 0 amide bonds. The molecule has 1 unspecified atom stereocenters. The first-order valence-corrected chi connectivity index (χ1v) is 4.51. The Hall–Kier alpha value is -0.930. The second-order valence-electron chi connectivity index (χ2n) is 3.31. The van der Waals surface area contributed by atoms with Crippen molar-refractivity contribution in [2.75, 3.05) is 6.54 Å². The van der Waals surface area contributed by atoms with Gasteiger partial charge in [-0.2, -0.15) is 0 Å². The van der Waals surface area contributed by atoms with Gasteiger partial charge in [0, 0.05) is 25.4 Å². The van der Waals surface area contributed by atoms with Gasteiger partial charge in [0.2, 0.25) is 0 Å². The van der Waals surface area contributed by atoms with Gasteiger partial charge in [-0.25, -0.2) is 0 Å². The maximum absolute atomic E-state index is 9.94. The minimum atomic E-state index is -0.763. The van der Waals surface area contributed by atoms with Crippen molar-refractivity contribution in [2.45, 2.75) is 25.4 Å². The Bertz CT molecular complexity index is 244. The Balaban J connectivity index is 2.68. The van der Waals surface area contributed by atoms with Crippen molar-refractivity contribution < 1.29 is 5.11 Å². The third-order valence-electron chi connectivity index (χ3n) is 2.32. The van der Waals surface area contributed by atoms with E-state index in [-0.39, 0.29) is 0 Å². The van der Waals surface area contributed by atoms with Gasteiger partial charge in [-0.1, -0.05) is 6.92 Å². The van der Waals surface area contributed by atoms with Crippen LogP contribution >= 0.6 is 0 Å². The number of aromatic nitrogens is 1. The third-order valence-corrected chi connectivity index (χ3v) is 2.32. The fraction of sp³-hybridized carbons (Fsp3) is 0.500. The maximum atomic E-state index is 9.94. The van der Waals surface area contributed by atoms with Crippen molar-refractivity contribution in [3.63, 3.8) is 0 Å². The van der Waals surface area contributed by atoms with Crippen molar-refractivity contribution in [3.8, 4) is 0 Å². The lowest BCUT2D eigenvalue weighted by molar-refractivity contribution is 0.0456. The van der Waals surface area contributed by atoms with Gasteiger partial charge < -0.3 is 10.8 Å². The van der Waals surface area contributed by atoms with Gasteiger partial charge in [-0.3, -0.25) is 4.98 Å². The van der Waals surface area contributed by atoms with Gasteiger partial charge in [0.1, 0.15) is 0 Å². The van der Waals surface area contributed by atoms with Crippen LogP contribution in [0.2, 0.25) is 0 Å². The summed E-state index contributed by atoms with van der Waals surface area (Å²) in [5.41, 5.74) is 5.81. The number of hydrogen-bond donors (Lipinski definition) is 2. The molecule has 13 heavy (non-hydrogen) atoms. The highest BCUT2D eigenvalue weighted by Crippen LogP contribution is 2.15. The van der Waals surface area contributed by atoms with Crippen molar-refractivity contribution in [3.05, 3.63) is 30.1 Å². The van der Waals surface area contributed by atoms with Gasteiger partial charge in [-0.05, 0) is 24.1 Å². The average molecular weight is 180 g/mol. The number of pyridine rings is 1. The summed E-state index contributed by atoms with van der Waals surface area (Å²) in [5, 5.41) is 9.94. The van der Waals surface area contributed by atoms with Crippen molar-refractivity contribution in [1.82, 2.24) is 4.98 Å². The van der Waals surface area contributed by atoms with Gasteiger partial charge in [0.25, 0.3) is 0 Å². The first kappa shape index (κ1) is 10.2. The minimum absolute atomic E-state index is 0.297. The molecule has 1 aromatic rings. The molecule has 1 atom stereocenters. The molecule has 72 valence electrons. The van der Waals surface area contributed by atoms with E-state index < -0.39 is 5.60 Å². The summed E-state index contributed by atoms with van der Waals surface area (Å²) in [4.78, 5) is 3.91. The van der Waals surface area contributed by atoms with Gasteiger partial charge in [-0.15, -0.1) is 0 Å². The van der Waals surface area contributed by atoms with Crippen LogP contribution in [0.1, 0.15) is 18.9 Å². The molecule has 3 nitrogen and oxygen atoms in total. The largest absolute Gasteiger partial charge is 0.388 e. The molecule has 3 N–H and O–H groups in total. The van der Waals surface area contributed by atoms with Crippen LogP contribution in [0.4, 0.5) is 0 Å². The quantitative estimate of drug-likeness (QED) is 0.718. The molecule has 0 bridgehead atoms. The summed E-state index contributed by atoms with van der Waals surface area (Å²) < 4.78 is 0. The zero-order valence-corrected chi connectivity index (χ0v) is 7.90. The molecule has 0 aromatic carbocycles. The van der Waals surface area contributed by atoms with Crippen LogP contribution in [-0.2, 0) is 6.42 Å². The second-order valence-corrected chi connectivity index (χ2v) is 3.31. The summed E-state index contributed by atoms with van der Waals surface area (Å²) in [6.45, 7) is 2.24. The normalized spacial score (nSPS) is 15.3. The average Bonchev–Trinajstić information content (AvgIpc) is 2.19. The van der Waals surface area contributed by atoms with E-state index in [4.69, 9.17) is 5.73 Å². The highest BCUT2D eigenvalue weighted by atomic mass is 16.3. The molecule has 0 fully saturated rings. The fourth-order valence-corrected chi connectivity index (χ4v) is 1.22. The summed E-state index contributed by atoms with van der Waals surface area (Å²) in [6.07, 6.45) is 4.72. The predicted octanol–water partition coefficient (Wildman–Crippen LogP) is 0.724. The number of aliphatic hydroxyl groups is 1. The molecule has 0 saturated carbocycles. The highest BCUT2D eigenvalue weighted by molar-refractivity contribution is 5.13. The Morgan fingerprint density at radius 2 is 2.08 bits per heavy atom. The summed E-state index contributed by atoms with van der Waals surface area (Å²) in [6, 6.07) is 3.80. The van der Waals surface area contributed by atoms with E-state index in [1.807, 2.05) is 19.1 Å². The number of nitrogens with zero attached hydrogens (tertiary/aromatic N) is 1. The highest BCUT2D eigenvalue weighted by Gasteiger charge is 2.22. The molecule has 3 heteroatoms. The molecule has 0 spiro atoms. The molecular formula is C10H16N2O. The van der Waals surface area contributed by atoms with Crippen molar-refractivity contribution in [1.29, 1.82) is 0 Å². The summed E-state index contributed by atoms with van der Waals surface area (Å²) in [7, 11) is 0. The van der Waals surface area contributed by atoms with Crippen LogP contribution in [0.3, 0.4) is 0 Å². The first-order chi connectivity index (χ1) is 6.20. The second kappa shape index (κ2) is 4.35. The van der Waals surface area contributed by atoms with E-state index in [9.17, 15) is 5.11 Å².